The van der Waals surface area contributed by atoms with Crippen LogP contribution >= 0.6 is 11.6 Å². The van der Waals surface area contributed by atoms with E-state index in [4.69, 9.17) is 16.3 Å². The molecular weight excluding hydrogens is 208 g/mol. The van der Waals surface area contributed by atoms with E-state index in [1.807, 2.05) is 18.2 Å². The maximum atomic E-state index is 6.22. The van der Waals surface area contributed by atoms with Crippen LogP contribution < -0.4 is 4.74 Å². The van der Waals surface area contributed by atoms with Gasteiger partial charge in [0.05, 0.1) is 7.11 Å². The van der Waals surface area contributed by atoms with Crippen LogP contribution in [0.2, 0.25) is 0 Å². The molecule has 2 atom stereocenters. The summed E-state index contributed by atoms with van der Waals surface area (Å²) in [5.74, 6) is 1.44. The molecule has 0 heterocycles. The van der Waals surface area contributed by atoms with Crippen LogP contribution in [0.15, 0.2) is 24.3 Å². The first-order valence-corrected chi connectivity index (χ1v) is 5.88. The van der Waals surface area contributed by atoms with E-state index in [0.717, 1.165) is 18.6 Å². The molecule has 0 fully saturated rings. The van der Waals surface area contributed by atoms with Gasteiger partial charge in [0, 0.05) is 5.38 Å². The topological polar surface area (TPSA) is 9.23 Å². The SMILES string of the molecule is CCC(Cl)C(C)Cc1ccccc1OC. The van der Waals surface area contributed by atoms with Gasteiger partial charge < -0.3 is 4.74 Å². The first kappa shape index (κ1) is 12.4. The third-order valence-electron chi connectivity index (χ3n) is 2.74. The third-order valence-corrected chi connectivity index (χ3v) is 3.48. The molecule has 15 heavy (non-hydrogen) atoms. The van der Waals surface area contributed by atoms with Gasteiger partial charge in [0.2, 0.25) is 0 Å². The van der Waals surface area contributed by atoms with E-state index < -0.39 is 0 Å². The van der Waals surface area contributed by atoms with E-state index in [2.05, 4.69) is 19.9 Å². The van der Waals surface area contributed by atoms with E-state index in [0.29, 0.717) is 5.92 Å². The van der Waals surface area contributed by atoms with Crippen LogP contribution in [0.4, 0.5) is 0 Å². The van der Waals surface area contributed by atoms with Crippen molar-refractivity contribution in [1.82, 2.24) is 0 Å². The van der Waals surface area contributed by atoms with E-state index in [9.17, 15) is 0 Å². The lowest BCUT2D eigenvalue weighted by Gasteiger charge is -2.17. The Bertz CT molecular complexity index is 298. The first-order valence-electron chi connectivity index (χ1n) is 5.45. The Morgan fingerprint density at radius 1 is 1.33 bits per heavy atom. The molecule has 0 aliphatic heterocycles. The van der Waals surface area contributed by atoms with Gasteiger partial charge in [-0.2, -0.15) is 0 Å². The van der Waals surface area contributed by atoms with Crippen LogP contribution in [0.1, 0.15) is 25.8 Å². The second-order valence-corrected chi connectivity index (χ2v) is 4.48. The average molecular weight is 227 g/mol. The fourth-order valence-corrected chi connectivity index (χ4v) is 1.84. The van der Waals surface area contributed by atoms with Crippen molar-refractivity contribution in [3.05, 3.63) is 29.8 Å². The molecule has 2 heteroatoms. The van der Waals surface area contributed by atoms with E-state index >= 15 is 0 Å². The standard InChI is InChI=1S/C13H19ClO/c1-4-12(14)10(2)9-11-7-5-6-8-13(11)15-3/h5-8,10,12H,4,9H2,1-3H3. The Morgan fingerprint density at radius 2 is 2.00 bits per heavy atom. The van der Waals surface area contributed by atoms with Crippen molar-refractivity contribution in [2.45, 2.75) is 32.1 Å². The van der Waals surface area contributed by atoms with Crippen molar-refractivity contribution in [3.63, 3.8) is 0 Å². The molecular formula is C13H19ClO. The van der Waals surface area contributed by atoms with Gasteiger partial charge in [0.25, 0.3) is 0 Å². The Hall–Kier alpha value is -0.690. The zero-order valence-corrected chi connectivity index (χ0v) is 10.4. The fraction of sp³-hybridized carbons (Fsp3) is 0.538. The number of para-hydroxylation sites is 1. The summed E-state index contributed by atoms with van der Waals surface area (Å²) >= 11 is 6.22. The monoisotopic (exact) mass is 226 g/mol. The zero-order valence-electron chi connectivity index (χ0n) is 9.66. The zero-order chi connectivity index (χ0) is 11.3. The molecule has 1 aromatic carbocycles. The van der Waals surface area contributed by atoms with Crippen LogP contribution in [-0.4, -0.2) is 12.5 Å². The summed E-state index contributed by atoms with van der Waals surface area (Å²) in [5.41, 5.74) is 1.24. The molecule has 0 radical (unpaired) electrons. The lowest BCUT2D eigenvalue weighted by Crippen LogP contribution is -2.13. The molecule has 0 aromatic heterocycles. The number of hydrogen-bond donors (Lipinski definition) is 0. The number of rotatable bonds is 5. The Labute approximate surface area is 97.4 Å². The summed E-state index contributed by atoms with van der Waals surface area (Å²) in [5, 5.41) is 0.245. The molecule has 1 aromatic rings. The average Bonchev–Trinajstić information content (AvgIpc) is 2.28. The lowest BCUT2D eigenvalue weighted by molar-refractivity contribution is 0.404. The molecule has 2 unspecified atom stereocenters. The molecule has 0 bridgehead atoms. The Kier molecular flexibility index (Phi) is 4.97. The number of methoxy groups -OCH3 is 1. The van der Waals surface area contributed by atoms with Crippen LogP contribution in [0.5, 0.6) is 5.75 Å². The number of hydrogen-bond acceptors (Lipinski definition) is 1. The van der Waals surface area contributed by atoms with Crippen LogP contribution in [0, 0.1) is 5.92 Å². The van der Waals surface area contributed by atoms with Crippen molar-refractivity contribution in [2.24, 2.45) is 5.92 Å². The maximum Gasteiger partial charge on any atom is 0.122 e. The lowest BCUT2D eigenvalue weighted by atomic mass is 9.96. The minimum Gasteiger partial charge on any atom is -0.496 e. The van der Waals surface area contributed by atoms with Gasteiger partial charge in [-0.1, -0.05) is 32.0 Å². The van der Waals surface area contributed by atoms with E-state index in [-0.39, 0.29) is 5.38 Å². The molecule has 0 saturated heterocycles. The molecule has 1 nitrogen and oxygen atoms in total. The normalized spacial score (nSPS) is 14.7. The highest BCUT2D eigenvalue weighted by molar-refractivity contribution is 6.20. The summed E-state index contributed by atoms with van der Waals surface area (Å²) < 4.78 is 5.32. The summed E-state index contributed by atoms with van der Waals surface area (Å²) in [6.45, 7) is 4.31. The summed E-state index contributed by atoms with van der Waals surface area (Å²) in [6, 6.07) is 8.14. The van der Waals surface area contributed by atoms with Gasteiger partial charge >= 0.3 is 0 Å². The van der Waals surface area contributed by atoms with Crippen LogP contribution in [0.3, 0.4) is 0 Å². The van der Waals surface area contributed by atoms with Crippen molar-refractivity contribution in [1.29, 1.82) is 0 Å². The summed E-state index contributed by atoms with van der Waals surface area (Å²) in [4.78, 5) is 0. The highest BCUT2D eigenvalue weighted by atomic mass is 35.5. The summed E-state index contributed by atoms with van der Waals surface area (Å²) in [7, 11) is 1.71. The first-order chi connectivity index (χ1) is 7.19. The van der Waals surface area contributed by atoms with Gasteiger partial charge in [0.15, 0.2) is 0 Å². The second kappa shape index (κ2) is 6.02. The fourth-order valence-electron chi connectivity index (χ4n) is 1.75. The molecule has 0 spiro atoms. The minimum absolute atomic E-state index is 0.245. The molecule has 0 saturated carbocycles. The van der Waals surface area contributed by atoms with E-state index in [1.165, 1.54) is 5.56 Å². The molecule has 0 amide bonds. The van der Waals surface area contributed by atoms with Crippen LogP contribution in [-0.2, 0) is 6.42 Å². The van der Waals surface area contributed by atoms with Crippen molar-refractivity contribution in [2.75, 3.05) is 7.11 Å². The molecule has 0 N–H and O–H groups in total. The highest BCUT2D eigenvalue weighted by Crippen LogP contribution is 2.24. The highest BCUT2D eigenvalue weighted by Gasteiger charge is 2.14. The molecule has 0 aliphatic carbocycles. The van der Waals surface area contributed by atoms with Gasteiger partial charge in [0.1, 0.15) is 5.75 Å². The number of alkyl halides is 1. The smallest absolute Gasteiger partial charge is 0.122 e. The van der Waals surface area contributed by atoms with Gasteiger partial charge in [-0.25, -0.2) is 0 Å². The van der Waals surface area contributed by atoms with Gasteiger partial charge in [-0.3, -0.25) is 0 Å². The van der Waals surface area contributed by atoms with Gasteiger partial charge in [-0.05, 0) is 30.4 Å². The Morgan fingerprint density at radius 3 is 2.60 bits per heavy atom. The largest absolute Gasteiger partial charge is 0.496 e. The molecule has 1 rings (SSSR count). The van der Waals surface area contributed by atoms with Crippen molar-refractivity contribution < 1.29 is 4.74 Å². The number of ether oxygens (including phenoxy) is 1. The third kappa shape index (κ3) is 3.42. The number of halogens is 1. The van der Waals surface area contributed by atoms with Gasteiger partial charge in [-0.15, -0.1) is 11.6 Å². The number of benzene rings is 1. The summed E-state index contributed by atoms with van der Waals surface area (Å²) in [6.07, 6.45) is 1.99. The van der Waals surface area contributed by atoms with Crippen LogP contribution in [0.25, 0.3) is 0 Å². The quantitative estimate of drug-likeness (QED) is 0.693. The van der Waals surface area contributed by atoms with E-state index in [1.54, 1.807) is 7.11 Å². The predicted molar refractivity (Wildman–Crippen MR) is 65.8 cm³/mol. The van der Waals surface area contributed by atoms with Crippen molar-refractivity contribution >= 4 is 11.6 Å². The maximum absolute atomic E-state index is 6.22. The van der Waals surface area contributed by atoms with Crippen molar-refractivity contribution in [3.8, 4) is 5.75 Å². The molecule has 0 aliphatic rings. The predicted octanol–water partition coefficient (Wildman–Crippen LogP) is 3.89. The minimum atomic E-state index is 0.245. The second-order valence-electron chi connectivity index (χ2n) is 3.92. The Balaban J connectivity index is 2.71. The molecule has 84 valence electrons.